The van der Waals surface area contributed by atoms with Crippen LogP contribution in [-0.2, 0) is 0 Å². The molecular formula is C22H25ClN2O2. The van der Waals surface area contributed by atoms with Crippen molar-refractivity contribution in [2.75, 3.05) is 26.7 Å². The van der Waals surface area contributed by atoms with E-state index in [4.69, 9.17) is 21.3 Å². The predicted octanol–water partition coefficient (Wildman–Crippen LogP) is 4.94. The highest BCUT2D eigenvalue weighted by atomic mass is 35.5. The van der Waals surface area contributed by atoms with Gasteiger partial charge in [-0.15, -0.1) is 0 Å². The molecule has 0 radical (unpaired) electrons. The number of benzene rings is 2. The number of fused-ring (bicyclic) bond motifs is 1. The molecule has 4 nitrogen and oxygen atoms in total. The van der Waals surface area contributed by atoms with Gasteiger partial charge in [-0.1, -0.05) is 37.6 Å². The number of likely N-dealkylation sites (N-methyl/N-ethyl adjacent to an activating group) is 1. The van der Waals surface area contributed by atoms with Crippen LogP contribution in [0.25, 0.3) is 22.2 Å². The van der Waals surface area contributed by atoms with Gasteiger partial charge in [-0.3, -0.25) is 0 Å². The first-order valence-electron chi connectivity index (χ1n) is 9.20. The van der Waals surface area contributed by atoms with Crippen LogP contribution in [0.1, 0.15) is 25.5 Å². The van der Waals surface area contributed by atoms with Gasteiger partial charge in [0.1, 0.15) is 5.75 Å². The van der Waals surface area contributed by atoms with Crippen LogP contribution in [0.3, 0.4) is 0 Å². The van der Waals surface area contributed by atoms with Crippen LogP contribution in [0.2, 0.25) is 5.02 Å². The van der Waals surface area contributed by atoms with E-state index in [0.29, 0.717) is 11.6 Å². The fourth-order valence-corrected chi connectivity index (χ4v) is 3.36. The molecule has 0 aliphatic carbocycles. The topological polar surface area (TPSA) is 45.6 Å². The number of methoxy groups -OCH3 is 1. The third-order valence-corrected chi connectivity index (χ3v) is 5.13. The molecule has 0 bridgehead atoms. The van der Waals surface area contributed by atoms with Crippen molar-refractivity contribution < 1.29 is 9.84 Å². The van der Waals surface area contributed by atoms with Gasteiger partial charge in [0.15, 0.2) is 0 Å². The van der Waals surface area contributed by atoms with Crippen molar-refractivity contribution in [3.63, 3.8) is 0 Å². The Morgan fingerprint density at radius 3 is 2.41 bits per heavy atom. The Morgan fingerprint density at radius 1 is 1.07 bits per heavy atom. The number of rotatable bonds is 7. The van der Waals surface area contributed by atoms with Crippen molar-refractivity contribution in [1.82, 2.24) is 9.88 Å². The largest absolute Gasteiger partial charge is 0.497 e. The Balaban J connectivity index is 2.13. The van der Waals surface area contributed by atoms with Gasteiger partial charge in [0.25, 0.3) is 0 Å². The zero-order valence-corrected chi connectivity index (χ0v) is 16.7. The highest BCUT2D eigenvalue weighted by molar-refractivity contribution is 6.30. The Kier molecular flexibility index (Phi) is 6.32. The van der Waals surface area contributed by atoms with E-state index in [9.17, 15) is 5.11 Å². The average Bonchev–Trinajstić information content (AvgIpc) is 2.71. The molecule has 0 spiro atoms. The predicted molar refractivity (Wildman–Crippen MR) is 111 cm³/mol. The van der Waals surface area contributed by atoms with E-state index in [1.807, 2.05) is 48.5 Å². The Bertz CT molecular complexity index is 908. The van der Waals surface area contributed by atoms with E-state index in [1.165, 1.54) is 0 Å². The number of aliphatic hydroxyl groups is 1. The average molecular weight is 385 g/mol. The number of hydrogen-bond donors (Lipinski definition) is 1. The minimum absolute atomic E-state index is 0.582. The summed E-state index contributed by atoms with van der Waals surface area (Å²) >= 11 is 6.02. The van der Waals surface area contributed by atoms with Crippen LogP contribution >= 0.6 is 11.6 Å². The summed E-state index contributed by atoms with van der Waals surface area (Å²) in [7, 11) is 1.64. The summed E-state index contributed by atoms with van der Waals surface area (Å²) in [5.74, 6) is 0.743. The van der Waals surface area contributed by atoms with Crippen LogP contribution in [0.5, 0.6) is 5.75 Å². The summed E-state index contributed by atoms with van der Waals surface area (Å²) in [6, 6.07) is 15.3. The molecule has 3 rings (SSSR count). The second kappa shape index (κ2) is 8.70. The molecule has 0 saturated carbocycles. The van der Waals surface area contributed by atoms with Gasteiger partial charge in [0.2, 0.25) is 0 Å². The van der Waals surface area contributed by atoms with Crippen LogP contribution in [0.4, 0.5) is 0 Å². The van der Waals surface area contributed by atoms with Gasteiger partial charge in [0, 0.05) is 28.6 Å². The lowest BCUT2D eigenvalue weighted by Gasteiger charge is -2.23. The normalized spacial score (nSPS) is 12.5. The first-order valence-corrected chi connectivity index (χ1v) is 9.58. The molecule has 142 valence electrons. The SMILES string of the molecule is CCN(CC)CC(O)c1cc(-c2ccc(Cl)cc2)nc2cc(OC)ccc12. The lowest BCUT2D eigenvalue weighted by molar-refractivity contribution is 0.120. The smallest absolute Gasteiger partial charge is 0.121 e. The molecule has 27 heavy (non-hydrogen) atoms. The maximum Gasteiger partial charge on any atom is 0.121 e. The molecule has 0 aliphatic rings. The first-order chi connectivity index (χ1) is 13.0. The zero-order chi connectivity index (χ0) is 19.4. The third-order valence-electron chi connectivity index (χ3n) is 4.87. The molecule has 1 N–H and O–H groups in total. The Labute approximate surface area is 165 Å². The second-order valence-corrected chi connectivity index (χ2v) is 6.92. The van der Waals surface area contributed by atoms with Crippen LogP contribution in [-0.4, -0.2) is 41.7 Å². The molecule has 3 aromatic rings. The standard InChI is InChI=1S/C22H25ClN2O2/c1-4-25(5-2)14-22(26)19-13-20(15-6-8-16(23)9-7-15)24-21-12-17(27-3)10-11-18(19)21/h6-13,22,26H,4-5,14H2,1-3H3. The van der Waals surface area contributed by atoms with E-state index in [2.05, 4.69) is 18.7 Å². The fraction of sp³-hybridized carbons (Fsp3) is 0.318. The number of aliphatic hydroxyl groups excluding tert-OH is 1. The van der Waals surface area contributed by atoms with Gasteiger partial charge in [0.05, 0.1) is 24.4 Å². The van der Waals surface area contributed by atoms with E-state index < -0.39 is 6.10 Å². The van der Waals surface area contributed by atoms with Crippen LogP contribution in [0.15, 0.2) is 48.5 Å². The summed E-state index contributed by atoms with van der Waals surface area (Å²) < 4.78 is 5.36. The number of ether oxygens (including phenoxy) is 1. The maximum absolute atomic E-state index is 11.0. The molecule has 0 amide bonds. The van der Waals surface area contributed by atoms with E-state index >= 15 is 0 Å². The van der Waals surface area contributed by atoms with Crippen LogP contribution < -0.4 is 4.74 Å². The van der Waals surface area contributed by atoms with Crippen molar-refractivity contribution >= 4 is 22.5 Å². The van der Waals surface area contributed by atoms with Crippen molar-refractivity contribution in [2.45, 2.75) is 20.0 Å². The summed E-state index contributed by atoms with van der Waals surface area (Å²) in [5.41, 5.74) is 3.44. The highest BCUT2D eigenvalue weighted by Crippen LogP contribution is 2.31. The minimum Gasteiger partial charge on any atom is -0.497 e. The monoisotopic (exact) mass is 384 g/mol. The maximum atomic E-state index is 11.0. The van der Waals surface area contributed by atoms with Crippen molar-refractivity contribution in [3.05, 3.63) is 59.1 Å². The molecule has 1 aromatic heterocycles. The van der Waals surface area contributed by atoms with Gasteiger partial charge in [-0.25, -0.2) is 4.98 Å². The molecular weight excluding hydrogens is 360 g/mol. The Hall–Kier alpha value is -2.14. The molecule has 1 heterocycles. The summed E-state index contributed by atoms with van der Waals surface area (Å²) in [4.78, 5) is 7.01. The molecule has 1 unspecified atom stereocenters. The first kappa shape index (κ1) is 19.6. The molecule has 0 saturated heterocycles. The van der Waals surface area contributed by atoms with Gasteiger partial charge >= 0.3 is 0 Å². The van der Waals surface area contributed by atoms with E-state index in [1.54, 1.807) is 7.11 Å². The third kappa shape index (κ3) is 4.41. The summed E-state index contributed by atoms with van der Waals surface area (Å²) in [5, 5.41) is 12.6. The molecule has 5 heteroatoms. The van der Waals surface area contributed by atoms with E-state index in [0.717, 1.165) is 46.6 Å². The van der Waals surface area contributed by atoms with Gasteiger partial charge in [-0.05, 0) is 49.0 Å². The van der Waals surface area contributed by atoms with Crippen LogP contribution in [0, 0.1) is 0 Å². The van der Waals surface area contributed by atoms with E-state index in [-0.39, 0.29) is 0 Å². The van der Waals surface area contributed by atoms with Gasteiger partial charge < -0.3 is 14.7 Å². The number of hydrogen-bond acceptors (Lipinski definition) is 4. The molecule has 0 aliphatic heterocycles. The molecule has 2 aromatic carbocycles. The van der Waals surface area contributed by atoms with Gasteiger partial charge in [-0.2, -0.15) is 0 Å². The Morgan fingerprint density at radius 2 is 1.78 bits per heavy atom. The number of nitrogens with zero attached hydrogens (tertiary/aromatic N) is 2. The fourth-order valence-electron chi connectivity index (χ4n) is 3.23. The highest BCUT2D eigenvalue weighted by Gasteiger charge is 2.17. The minimum atomic E-state index is -0.602. The quantitative estimate of drug-likeness (QED) is 0.626. The zero-order valence-electron chi connectivity index (χ0n) is 15.9. The molecule has 0 fully saturated rings. The summed E-state index contributed by atoms with van der Waals surface area (Å²) in [6.07, 6.45) is -0.602. The number of pyridine rings is 1. The molecule has 1 atom stereocenters. The number of halogens is 1. The lowest BCUT2D eigenvalue weighted by atomic mass is 9.99. The van der Waals surface area contributed by atoms with Crippen molar-refractivity contribution in [1.29, 1.82) is 0 Å². The summed E-state index contributed by atoms with van der Waals surface area (Å²) in [6.45, 7) is 6.58. The lowest BCUT2D eigenvalue weighted by Crippen LogP contribution is -2.28. The second-order valence-electron chi connectivity index (χ2n) is 6.49. The number of aromatic nitrogens is 1. The van der Waals surface area contributed by atoms with Crippen molar-refractivity contribution in [2.24, 2.45) is 0 Å². The van der Waals surface area contributed by atoms with Crippen molar-refractivity contribution in [3.8, 4) is 17.0 Å².